The second-order valence-electron chi connectivity index (χ2n) is 2.10. The van der Waals surface area contributed by atoms with E-state index in [0.29, 0.717) is 0 Å². The van der Waals surface area contributed by atoms with Gasteiger partial charge in [-0.05, 0) is 12.1 Å². The maximum absolute atomic E-state index is 3.06. The lowest BCUT2D eigenvalue weighted by Crippen LogP contribution is -2.27. The topological polar surface area (TPSA) is 36.1 Å². The lowest BCUT2D eigenvalue weighted by Gasteiger charge is -2.19. The first kappa shape index (κ1) is 5.56. The highest BCUT2D eigenvalue weighted by Gasteiger charge is 2.03. The van der Waals surface area contributed by atoms with Gasteiger partial charge in [-0.3, -0.25) is 0 Å². The van der Waals surface area contributed by atoms with Gasteiger partial charge < -0.3 is 10.7 Å². The average molecular weight is 134 g/mol. The molecule has 0 atom stereocenters. The number of benzene rings is 1. The number of nitrogens with one attached hydrogen (secondary N) is 3. The zero-order chi connectivity index (χ0) is 6.81. The predicted molar refractivity (Wildman–Crippen MR) is 41.1 cm³/mol. The lowest BCUT2D eigenvalue weighted by molar-refractivity contribution is 0.938. The molecule has 10 heavy (non-hydrogen) atoms. The van der Waals surface area contributed by atoms with Crippen molar-refractivity contribution in [3.05, 3.63) is 30.9 Å². The highest BCUT2D eigenvalue weighted by molar-refractivity contribution is 5.70. The molecule has 0 fully saturated rings. The number of anilines is 2. The zero-order valence-corrected chi connectivity index (χ0v) is 5.39. The van der Waals surface area contributed by atoms with Crippen molar-refractivity contribution < 1.29 is 0 Å². The SMILES string of the molecule is [CH]1NNc2ccccc2N1. The molecule has 0 aliphatic carbocycles. The van der Waals surface area contributed by atoms with Crippen LogP contribution in [0.4, 0.5) is 11.4 Å². The van der Waals surface area contributed by atoms with Gasteiger partial charge >= 0.3 is 0 Å². The van der Waals surface area contributed by atoms with Crippen molar-refractivity contribution in [3.63, 3.8) is 0 Å². The van der Waals surface area contributed by atoms with Crippen molar-refractivity contribution in [1.29, 1.82) is 0 Å². The Morgan fingerprint density at radius 1 is 1.00 bits per heavy atom. The Morgan fingerprint density at radius 2 is 1.80 bits per heavy atom. The first-order valence-corrected chi connectivity index (χ1v) is 3.15. The van der Waals surface area contributed by atoms with Crippen molar-refractivity contribution in [2.75, 3.05) is 10.7 Å². The van der Waals surface area contributed by atoms with Gasteiger partial charge in [-0.15, -0.1) is 0 Å². The van der Waals surface area contributed by atoms with Crippen molar-refractivity contribution in [2.45, 2.75) is 0 Å². The average Bonchev–Trinajstić information content (AvgIpc) is 2.05. The predicted octanol–water partition coefficient (Wildman–Crippen LogP) is 1.15. The Morgan fingerprint density at radius 3 is 2.60 bits per heavy atom. The fourth-order valence-corrected chi connectivity index (χ4v) is 0.946. The minimum atomic E-state index is 1.07. The van der Waals surface area contributed by atoms with Crippen LogP contribution in [0.15, 0.2) is 24.3 Å². The molecule has 1 aliphatic heterocycles. The normalized spacial score (nSPS) is 14.8. The Kier molecular flexibility index (Phi) is 1.22. The summed E-state index contributed by atoms with van der Waals surface area (Å²) in [6.07, 6.45) is 0. The van der Waals surface area contributed by atoms with Crippen LogP contribution < -0.4 is 16.2 Å². The maximum Gasteiger partial charge on any atom is 0.130 e. The third-order valence-corrected chi connectivity index (χ3v) is 1.43. The van der Waals surface area contributed by atoms with Crippen LogP contribution in [0.2, 0.25) is 0 Å². The number of rotatable bonds is 0. The van der Waals surface area contributed by atoms with Gasteiger partial charge in [-0.25, -0.2) is 5.43 Å². The van der Waals surface area contributed by atoms with Crippen molar-refractivity contribution >= 4 is 11.4 Å². The summed E-state index contributed by atoms with van der Waals surface area (Å²) >= 11 is 0. The Labute approximate surface area is 59.4 Å². The first-order chi connectivity index (χ1) is 4.97. The first-order valence-electron chi connectivity index (χ1n) is 3.15. The molecule has 0 spiro atoms. The minimum Gasteiger partial charge on any atom is -0.364 e. The second-order valence-corrected chi connectivity index (χ2v) is 2.10. The number of fused-ring (bicyclic) bond motifs is 1. The molecule has 0 saturated carbocycles. The molecule has 3 nitrogen and oxygen atoms in total. The summed E-state index contributed by atoms with van der Waals surface area (Å²) in [5.74, 6) is 0. The number of hydrogen-bond donors (Lipinski definition) is 3. The van der Waals surface area contributed by atoms with Crippen LogP contribution >= 0.6 is 0 Å². The van der Waals surface area contributed by atoms with Gasteiger partial charge in [-0.2, -0.15) is 0 Å². The van der Waals surface area contributed by atoms with Crippen molar-refractivity contribution in [2.24, 2.45) is 0 Å². The van der Waals surface area contributed by atoms with E-state index in [-0.39, 0.29) is 0 Å². The fraction of sp³-hybridized carbons (Fsp3) is 0. The Hall–Kier alpha value is -1.22. The highest BCUT2D eigenvalue weighted by Crippen LogP contribution is 2.21. The largest absolute Gasteiger partial charge is 0.364 e. The molecule has 1 heterocycles. The van der Waals surface area contributed by atoms with Crippen LogP contribution in [0.25, 0.3) is 0 Å². The van der Waals surface area contributed by atoms with E-state index in [0.717, 1.165) is 11.4 Å². The van der Waals surface area contributed by atoms with E-state index in [1.54, 1.807) is 6.67 Å². The van der Waals surface area contributed by atoms with Crippen LogP contribution in [-0.4, -0.2) is 0 Å². The van der Waals surface area contributed by atoms with Gasteiger partial charge in [-0.1, -0.05) is 12.1 Å². The van der Waals surface area contributed by atoms with E-state index < -0.39 is 0 Å². The summed E-state index contributed by atoms with van der Waals surface area (Å²) in [6, 6.07) is 8.00. The third-order valence-electron chi connectivity index (χ3n) is 1.43. The van der Waals surface area contributed by atoms with Crippen LogP contribution in [0.3, 0.4) is 0 Å². The molecular formula is C7H8N3. The molecule has 0 aromatic heterocycles. The van der Waals surface area contributed by atoms with E-state index in [4.69, 9.17) is 0 Å². The minimum absolute atomic E-state index is 1.07. The summed E-state index contributed by atoms with van der Waals surface area (Å²) in [6.45, 7) is 1.75. The molecule has 1 radical (unpaired) electrons. The fourth-order valence-electron chi connectivity index (χ4n) is 0.946. The van der Waals surface area contributed by atoms with E-state index >= 15 is 0 Å². The molecule has 51 valence electrons. The van der Waals surface area contributed by atoms with Crippen LogP contribution in [0.5, 0.6) is 0 Å². The highest BCUT2D eigenvalue weighted by atomic mass is 15.4. The summed E-state index contributed by atoms with van der Waals surface area (Å²) < 4.78 is 0. The maximum atomic E-state index is 3.06. The Bertz CT molecular complexity index is 209. The summed E-state index contributed by atoms with van der Waals surface area (Å²) in [4.78, 5) is 0. The molecule has 1 aromatic carbocycles. The zero-order valence-electron chi connectivity index (χ0n) is 5.39. The van der Waals surface area contributed by atoms with Crippen molar-refractivity contribution in [3.8, 4) is 0 Å². The van der Waals surface area contributed by atoms with Gasteiger partial charge in [0.05, 0.1) is 11.4 Å². The molecule has 1 aromatic rings. The van der Waals surface area contributed by atoms with Crippen molar-refractivity contribution in [1.82, 2.24) is 5.43 Å². The summed E-state index contributed by atoms with van der Waals surface area (Å²) in [5, 5.41) is 3.06. The summed E-state index contributed by atoms with van der Waals surface area (Å²) in [5.41, 5.74) is 8.02. The number of hydrazine groups is 1. The molecule has 0 amide bonds. The lowest BCUT2D eigenvalue weighted by atomic mass is 10.2. The van der Waals surface area contributed by atoms with Gasteiger partial charge in [0, 0.05) is 0 Å². The van der Waals surface area contributed by atoms with Crippen LogP contribution in [0, 0.1) is 6.67 Å². The van der Waals surface area contributed by atoms with Gasteiger partial charge in [0.1, 0.15) is 6.67 Å². The monoisotopic (exact) mass is 134 g/mol. The molecule has 0 bridgehead atoms. The molecule has 2 rings (SSSR count). The standard InChI is InChI=1S/C7H8N3/c1-2-4-7-6(3-1)8-5-9-10-7/h1-5,8-10H. The molecule has 0 saturated heterocycles. The quantitative estimate of drug-likeness (QED) is 0.498. The van der Waals surface area contributed by atoms with Gasteiger partial charge in [0.2, 0.25) is 0 Å². The van der Waals surface area contributed by atoms with Crippen LogP contribution in [-0.2, 0) is 0 Å². The number of para-hydroxylation sites is 2. The molecular weight excluding hydrogens is 126 g/mol. The smallest absolute Gasteiger partial charge is 0.130 e. The van der Waals surface area contributed by atoms with E-state index in [9.17, 15) is 0 Å². The van der Waals surface area contributed by atoms with E-state index in [2.05, 4.69) is 16.2 Å². The second kappa shape index (κ2) is 2.19. The molecule has 3 N–H and O–H groups in total. The number of hydrogen-bond acceptors (Lipinski definition) is 3. The van der Waals surface area contributed by atoms with Gasteiger partial charge in [0.25, 0.3) is 0 Å². The Balaban J connectivity index is 2.41. The molecule has 0 unspecified atom stereocenters. The van der Waals surface area contributed by atoms with Crippen LogP contribution in [0.1, 0.15) is 0 Å². The summed E-state index contributed by atoms with van der Waals surface area (Å²) in [7, 11) is 0. The molecule has 3 heteroatoms. The van der Waals surface area contributed by atoms with E-state index in [1.165, 1.54) is 0 Å². The molecule has 1 aliphatic rings. The van der Waals surface area contributed by atoms with Gasteiger partial charge in [0.15, 0.2) is 0 Å². The third kappa shape index (κ3) is 0.804. The van der Waals surface area contributed by atoms with E-state index in [1.807, 2.05) is 24.3 Å².